The third kappa shape index (κ3) is 13.0. The number of nitrogens with zero attached hydrogens (tertiary/aromatic N) is 2. The lowest BCUT2D eigenvalue weighted by molar-refractivity contribution is -0.147. The van der Waals surface area contributed by atoms with E-state index in [1.165, 1.54) is 4.90 Å². The van der Waals surface area contributed by atoms with Crippen LogP contribution in [0, 0.1) is 46.8 Å². The molecule has 5 aliphatic rings. The van der Waals surface area contributed by atoms with Crippen molar-refractivity contribution in [1.82, 2.24) is 31.2 Å². The molecule has 1 aromatic carbocycles. The van der Waals surface area contributed by atoms with Gasteiger partial charge in [-0.1, -0.05) is 103 Å². The predicted octanol–water partition coefficient (Wildman–Crippen LogP) is 8.48. The smallest absolute Gasteiger partial charge is 0.305 e. The summed E-state index contributed by atoms with van der Waals surface area (Å²) >= 11 is 1.58. The van der Waals surface area contributed by atoms with Crippen molar-refractivity contribution in [2.75, 3.05) is 13.2 Å². The molecule has 15 heteroatoms. The fraction of sp³-hybridized carbons (Fsp3) is 0.702. The molecular formula is C57H84N6O8S. The molecule has 3 saturated carbocycles. The normalized spacial score (nSPS) is 28.3. The number of carbonyl (C=O) groups is 6. The number of aliphatic hydroxyl groups excluding tert-OH is 1. The van der Waals surface area contributed by atoms with E-state index in [0.29, 0.717) is 37.0 Å². The van der Waals surface area contributed by atoms with Gasteiger partial charge in [0.2, 0.25) is 29.5 Å². The number of aryl methyl sites for hydroxylation is 1. The average molecular weight is 1010 g/mol. The van der Waals surface area contributed by atoms with Crippen LogP contribution in [0.15, 0.2) is 41.9 Å². The van der Waals surface area contributed by atoms with Crippen molar-refractivity contribution >= 4 is 46.8 Å². The quantitative estimate of drug-likeness (QED) is 0.0602. The molecule has 1 aromatic heterocycles. The number of hydrogen-bond acceptors (Lipinski definition) is 10. The van der Waals surface area contributed by atoms with E-state index in [4.69, 9.17) is 4.74 Å². The van der Waals surface area contributed by atoms with Gasteiger partial charge >= 0.3 is 5.97 Å². The molecule has 0 bridgehead atoms. The van der Waals surface area contributed by atoms with E-state index in [1.54, 1.807) is 17.4 Å². The number of aromatic nitrogens is 1. The molecule has 0 unspecified atom stereocenters. The Kier molecular flexibility index (Phi) is 17.8. The highest BCUT2D eigenvalue weighted by atomic mass is 32.1. The summed E-state index contributed by atoms with van der Waals surface area (Å²) in [6.45, 7) is 16.6. The summed E-state index contributed by atoms with van der Waals surface area (Å²) < 4.78 is 5.70. The Hall–Kier alpha value is -4.63. The van der Waals surface area contributed by atoms with Crippen LogP contribution in [0.1, 0.15) is 169 Å². The molecule has 72 heavy (non-hydrogen) atoms. The lowest BCUT2D eigenvalue weighted by atomic mass is 9.48. The second-order valence-corrected chi connectivity index (χ2v) is 25.1. The number of aliphatic hydroxyl groups is 1. The molecular weight excluding hydrogens is 929 g/mol. The molecule has 7 rings (SSSR count). The molecule has 10 atom stereocenters. The summed E-state index contributed by atoms with van der Waals surface area (Å²) in [5.74, 6) is 0.415. The summed E-state index contributed by atoms with van der Waals surface area (Å²) in [5, 5.41) is 23.0. The lowest BCUT2D eigenvalue weighted by Gasteiger charge is -2.58. The first-order valence-electron chi connectivity index (χ1n) is 27.1. The second kappa shape index (κ2) is 23.3. The van der Waals surface area contributed by atoms with Crippen LogP contribution < -0.4 is 21.3 Å². The minimum Gasteiger partial charge on any atom is -0.463 e. The Balaban J connectivity index is 0.740. The zero-order valence-electron chi connectivity index (χ0n) is 44.4. The standard InChI is InChI=1S/C57H84N6O8S/c1-36-49(72-35-59-36)38-21-19-37(20-22-38)32-58-52(69)44-31-39(64)33-63(44)53(70)50(54(2,3)4)61-46(65)17-15-13-11-9-10-12-14-16-18-48(67)71-34-55(5,6)62-51(68)43-25-24-41-40-23-26-45-57(8,30-28-47(66)60-45)42(40)27-29-56(41,43)7/h19-22,28,30,35,39-45,50,64H,9-18,23-27,29,31-34H2,1-8H3,(H,58,69)(H,60,66)(H,61,65)(H,62,68)/t39-,40+,41+,42+,43-,44+,45-,50-,56+,57-/m1/s1. The van der Waals surface area contributed by atoms with Crippen LogP contribution in [0.3, 0.4) is 0 Å². The van der Waals surface area contributed by atoms with Crippen molar-refractivity contribution in [3.63, 3.8) is 0 Å². The molecule has 396 valence electrons. The number of thiazole rings is 1. The highest BCUT2D eigenvalue weighted by Crippen LogP contribution is 2.65. The van der Waals surface area contributed by atoms with Crippen LogP contribution in [0.4, 0.5) is 0 Å². The number of esters is 1. The van der Waals surface area contributed by atoms with Crippen molar-refractivity contribution in [3.05, 3.63) is 53.2 Å². The molecule has 4 fully saturated rings. The van der Waals surface area contributed by atoms with Gasteiger partial charge in [0.05, 0.1) is 27.7 Å². The van der Waals surface area contributed by atoms with Gasteiger partial charge in [-0.25, -0.2) is 4.98 Å². The third-order valence-electron chi connectivity index (χ3n) is 17.3. The van der Waals surface area contributed by atoms with Crippen molar-refractivity contribution in [3.8, 4) is 10.4 Å². The maximum absolute atomic E-state index is 14.0. The number of likely N-dealkylation sites (tertiary alicyclic amines) is 1. The van der Waals surface area contributed by atoms with Crippen molar-refractivity contribution < 1.29 is 38.6 Å². The number of β-amino-alcohol motifs (C(OH)–C–C–N with tert-alkyl or cyclic N) is 1. The van der Waals surface area contributed by atoms with Crippen LogP contribution in [-0.4, -0.2) is 93.4 Å². The predicted molar refractivity (Wildman–Crippen MR) is 280 cm³/mol. The van der Waals surface area contributed by atoms with Gasteiger partial charge in [-0.15, -0.1) is 11.3 Å². The van der Waals surface area contributed by atoms with Crippen molar-refractivity contribution in [2.45, 2.75) is 201 Å². The van der Waals surface area contributed by atoms with Crippen LogP contribution in [0.25, 0.3) is 10.4 Å². The van der Waals surface area contributed by atoms with Crippen LogP contribution >= 0.6 is 11.3 Å². The fourth-order valence-electron chi connectivity index (χ4n) is 13.2. The minimum absolute atomic E-state index is 0.0173. The highest BCUT2D eigenvalue weighted by Gasteiger charge is 2.61. The maximum Gasteiger partial charge on any atom is 0.305 e. The maximum atomic E-state index is 14.0. The molecule has 14 nitrogen and oxygen atoms in total. The number of amides is 5. The summed E-state index contributed by atoms with van der Waals surface area (Å²) in [4.78, 5) is 86.4. The molecule has 5 amide bonds. The van der Waals surface area contributed by atoms with E-state index in [1.807, 2.05) is 71.3 Å². The van der Waals surface area contributed by atoms with Crippen molar-refractivity contribution in [2.24, 2.45) is 39.9 Å². The first-order valence-corrected chi connectivity index (χ1v) is 28.0. The second-order valence-electron chi connectivity index (χ2n) is 24.2. The molecule has 0 radical (unpaired) electrons. The SMILES string of the molecule is Cc1ncsc1-c1ccc(CNC(=O)[C@@H]2C[C@@H](O)CN2C(=O)[C@@H](NC(=O)CCCCCCCCCCC(=O)OCC(C)(C)NC(=O)[C@H]2CC[C@H]3[C@@H]4CC[C@H]5NC(=O)C=C[C@]5(C)[C@H]4CC[C@]23C)C(C)(C)C)cc1. The zero-order valence-corrected chi connectivity index (χ0v) is 45.2. The summed E-state index contributed by atoms with van der Waals surface area (Å²) in [6, 6.07) is 6.42. The molecule has 1 saturated heterocycles. The van der Waals surface area contributed by atoms with Gasteiger partial charge in [-0.3, -0.25) is 28.8 Å². The van der Waals surface area contributed by atoms with Gasteiger partial charge in [0.1, 0.15) is 18.7 Å². The van der Waals surface area contributed by atoms with Crippen LogP contribution in [0.5, 0.6) is 0 Å². The molecule has 0 spiro atoms. The topological polar surface area (TPSA) is 196 Å². The Bertz CT molecular complexity index is 2290. The van der Waals surface area contributed by atoms with E-state index < -0.39 is 29.1 Å². The van der Waals surface area contributed by atoms with Gasteiger partial charge in [0.25, 0.3) is 0 Å². The Morgan fingerprint density at radius 2 is 1.57 bits per heavy atom. The molecule has 2 aliphatic heterocycles. The number of fused-ring (bicyclic) bond motifs is 5. The van der Waals surface area contributed by atoms with E-state index >= 15 is 0 Å². The number of carbonyl (C=O) groups excluding carboxylic acids is 6. The number of benzene rings is 1. The third-order valence-corrected chi connectivity index (χ3v) is 18.3. The first-order chi connectivity index (χ1) is 34.1. The van der Waals surface area contributed by atoms with E-state index in [9.17, 15) is 33.9 Å². The number of unbranched alkanes of at least 4 members (excludes halogenated alkanes) is 7. The van der Waals surface area contributed by atoms with Crippen LogP contribution in [0.2, 0.25) is 0 Å². The van der Waals surface area contributed by atoms with Crippen molar-refractivity contribution in [1.29, 1.82) is 0 Å². The highest BCUT2D eigenvalue weighted by molar-refractivity contribution is 7.13. The molecule has 3 heterocycles. The number of hydrogen-bond donors (Lipinski definition) is 5. The van der Waals surface area contributed by atoms with Gasteiger partial charge in [-0.05, 0) is 118 Å². The molecule has 2 aromatic rings. The fourth-order valence-corrected chi connectivity index (χ4v) is 14.0. The Morgan fingerprint density at radius 1 is 0.889 bits per heavy atom. The van der Waals surface area contributed by atoms with Gasteiger partial charge < -0.3 is 36.0 Å². The zero-order chi connectivity index (χ0) is 52.0. The van der Waals surface area contributed by atoms with Gasteiger partial charge in [0.15, 0.2) is 0 Å². The van der Waals surface area contributed by atoms with E-state index in [-0.39, 0.29) is 84.4 Å². The number of ether oxygens (including phenoxy) is 1. The van der Waals surface area contributed by atoms with E-state index in [2.05, 4.69) is 46.2 Å². The largest absolute Gasteiger partial charge is 0.463 e. The summed E-state index contributed by atoms with van der Waals surface area (Å²) in [6.07, 6.45) is 17.2. The average Bonchev–Trinajstić information content (AvgIpc) is 4.05. The van der Waals surface area contributed by atoms with Crippen LogP contribution in [-0.2, 0) is 40.0 Å². The van der Waals surface area contributed by atoms with Gasteiger partial charge in [0, 0.05) is 49.7 Å². The lowest BCUT2D eigenvalue weighted by Crippen LogP contribution is -2.60. The van der Waals surface area contributed by atoms with Gasteiger partial charge in [-0.2, -0.15) is 0 Å². The number of nitrogens with one attached hydrogen (secondary N) is 4. The monoisotopic (exact) mass is 1010 g/mol. The molecule has 3 aliphatic carbocycles. The van der Waals surface area contributed by atoms with E-state index in [0.717, 1.165) is 105 Å². The Labute approximate surface area is 432 Å². The summed E-state index contributed by atoms with van der Waals surface area (Å²) in [7, 11) is 0. The minimum atomic E-state index is -0.861. The number of rotatable bonds is 21. The first kappa shape index (κ1) is 55.1. The Morgan fingerprint density at radius 3 is 2.24 bits per heavy atom. The molecule has 5 N–H and O–H groups in total. The summed E-state index contributed by atoms with van der Waals surface area (Å²) in [5.41, 5.74) is 3.37.